The maximum Gasteiger partial charge on any atom is 0.201 e. The lowest BCUT2D eigenvalue weighted by Gasteiger charge is -2.06. The average molecular weight is 306 g/mol. The van der Waals surface area contributed by atoms with E-state index in [0.29, 0.717) is 18.0 Å². The highest BCUT2D eigenvalue weighted by Crippen LogP contribution is 2.26. The first-order chi connectivity index (χ1) is 10.1. The van der Waals surface area contributed by atoms with Crippen LogP contribution in [0.5, 0.6) is 5.75 Å². The number of benzene rings is 1. The highest BCUT2D eigenvalue weighted by molar-refractivity contribution is 7.09. The van der Waals surface area contributed by atoms with Gasteiger partial charge in [0.05, 0.1) is 23.2 Å². The Balaban J connectivity index is 1.95. The fourth-order valence-corrected chi connectivity index (χ4v) is 3.03. The summed E-state index contributed by atoms with van der Waals surface area (Å²) in [5, 5.41) is 3.06. The lowest BCUT2D eigenvalue weighted by atomic mass is 10.2. The van der Waals surface area contributed by atoms with Crippen LogP contribution in [0, 0.1) is 12.7 Å². The van der Waals surface area contributed by atoms with Crippen LogP contribution in [-0.4, -0.2) is 21.6 Å². The van der Waals surface area contributed by atoms with Crippen molar-refractivity contribution in [3.8, 4) is 5.75 Å². The maximum atomic E-state index is 13.7. The van der Waals surface area contributed by atoms with Crippen LogP contribution in [0.15, 0.2) is 17.5 Å². The zero-order valence-electron chi connectivity index (χ0n) is 11.8. The van der Waals surface area contributed by atoms with Crippen molar-refractivity contribution in [2.45, 2.75) is 19.9 Å². The number of ether oxygens (including phenoxy) is 1. The summed E-state index contributed by atoms with van der Waals surface area (Å²) in [4.78, 5) is 8.62. The third-order valence-electron chi connectivity index (χ3n) is 3.27. The largest absolute Gasteiger partial charge is 0.494 e. The van der Waals surface area contributed by atoms with Gasteiger partial charge in [-0.15, -0.1) is 11.3 Å². The molecule has 2 heterocycles. The fraction of sp³-hybridized carbons (Fsp3) is 0.286. The van der Waals surface area contributed by atoms with E-state index in [1.165, 1.54) is 13.2 Å². The second kappa shape index (κ2) is 5.33. The van der Waals surface area contributed by atoms with E-state index in [4.69, 9.17) is 10.5 Å². The van der Waals surface area contributed by atoms with Gasteiger partial charge in [-0.3, -0.25) is 0 Å². The zero-order chi connectivity index (χ0) is 15.0. The topological polar surface area (TPSA) is 66.0 Å². The van der Waals surface area contributed by atoms with Gasteiger partial charge in [0.25, 0.3) is 0 Å². The summed E-state index contributed by atoms with van der Waals surface area (Å²) in [6.45, 7) is 2.61. The van der Waals surface area contributed by atoms with Gasteiger partial charge in [0.1, 0.15) is 0 Å². The molecular formula is C14H15FN4OS. The van der Waals surface area contributed by atoms with Crippen molar-refractivity contribution in [2.75, 3.05) is 12.8 Å². The third kappa shape index (κ3) is 2.56. The number of nitrogens with zero attached hydrogens (tertiary/aromatic N) is 3. The van der Waals surface area contributed by atoms with E-state index in [1.54, 1.807) is 17.4 Å². The lowest BCUT2D eigenvalue weighted by molar-refractivity contribution is 0.387. The Hall–Kier alpha value is -2.15. The van der Waals surface area contributed by atoms with Crippen molar-refractivity contribution in [1.29, 1.82) is 0 Å². The Kier molecular flexibility index (Phi) is 3.50. The van der Waals surface area contributed by atoms with Gasteiger partial charge in [0, 0.05) is 36.2 Å². The SMILES string of the molecule is COc1cc2c(cc1F)nc(N)n2CCc1nc(C)cs1. The summed E-state index contributed by atoms with van der Waals surface area (Å²) in [6.07, 6.45) is 0.758. The zero-order valence-corrected chi connectivity index (χ0v) is 12.6. The highest BCUT2D eigenvalue weighted by Gasteiger charge is 2.13. The predicted molar refractivity (Wildman–Crippen MR) is 81.2 cm³/mol. The number of thiazole rings is 1. The molecule has 0 saturated heterocycles. The van der Waals surface area contributed by atoms with Crippen molar-refractivity contribution in [3.05, 3.63) is 34.0 Å². The number of fused-ring (bicyclic) bond motifs is 1. The van der Waals surface area contributed by atoms with Crippen LogP contribution in [0.3, 0.4) is 0 Å². The standard InChI is InChI=1S/C14H15FN4OS/c1-8-7-21-13(17-8)3-4-19-11-6-12(20-2)9(15)5-10(11)18-14(19)16/h5-7H,3-4H2,1-2H3,(H2,16,18). The second-order valence-corrected chi connectivity index (χ2v) is 5.67. The molecule has 1 aromatic carbocycles. The minimum Gasteiger partial charge on any atom is -0.494 e. The summed E-state index contributed by atoms with van der Waals surface area (Å²) in [7, 11) is 1.44. The van der Waals surface area contributed by atoms with Gasteiger partial charge in [-0.1, -0.05) is 0 Å². The van der Waals surface area contributed by atoms with Gasteiger partial charge in [0.2, 0.25) is 5.95 Å². The Bertz CT molecular complexity index is 796. The molecule has 3 aromatic rings. The number of anilines is 1. The van der Waals surface area contributed by atoms with E-state index in [9.17, 15) is 4.39 Å². The molecule has 0 aliphatic rings. The van der Waals surface area contributed by atoms with Crippen molar-refractivity contribution >= 4 is 28.3 Å². The minimum atomic E-state index is -0.440. The van der Waals surface area contributed by atoms with Crippen LogP contribution < -0.4 is 10.5 Å². The number of methoxy groups -OCH3 is 1. The van der Waals surface area contributed by atoms with E-state index in [1.807, 2.05) is 16.9 Å². The molecule has 110 valence electrons. The number of nitrogen functional groups attached to an aromatic ring is 1. The molecular weight excluding hydrogens is 291 g/mol. The summed E-state index contributed by atoms with van der Waals surface area (Å²) in [5.74, 6) is 0.116. The third-order valence-corrected chi connectivity index (χ3v) is 4.29. The predicted octanol–water partition coefficient (Wildman–Crippen LogP) is 2.77. The smallest absolute Gasteiger partial charge is 0.201 e. The van der Waals surface area contributed by atoms with Gasteiger partial charge < -0.3 is 15.0 Å². The molecule has 2 N–H and O–H groups in total. The summed E-state index contributed by atoms with van der Waals surface area (Å²) < 4.78 is 20.6. The van der Waals surface area contributed by atoms with Gasteiger partial charge in [-0.2, -0.15) is 0 Å². The van der Waals surface area contributed by atoms with Crippen LogP contribution >= 0.6 is 11.3 Å². The molecule has 0 aliphatic carbocycles. The molecule has 0 unspecified atom stereocenters. The molecule has 21 heavy (non-hydrogen) atoms. The van der Waals surface area contributed by atoms with E-state index in [0.717, 1.165) is 22.6 Å². The molecule has 0 fully saturated rings. The molecule has 0 radical (unpaired) electrons. The Morgan fingerprint density at radius 3 is 2.86 bits per heavy atom. The molecule has 0 bridgehead atoms. The van der Waals surface area contributed by atoms with E-state index >= 15 is 0 Å². The van der Waals surface area contributed by atoms with E-state index < -0.39 is 5.82 Å². The number of aromatic nitrogens is 3. The number of hydrogen-bond acceptors (Lipinski definition) is 5. The van der Waals surface area contributed by atoms with Crippen LogP contribution in [0.25, 0.3) is 11.0 Å². The van der Waals surface area contributed by atoms with Crippen LogP contribution in [0.4, 0.5) is 10.3 Å². The van der Waals surface area contributed by atoms with Gasteiger partial charge in [0.15, 0.2) is 11.6 Å². The maximum absolute atomic E-state index is 13.7. The minimum absolute atomic E-state index is 0.189. The molecule has 0 aliphatic heterocycles. The fourth-order valence-electron chi connectivity index (χ4n) is 2.26. The summed E-state index contributed by atoms with van der Waals surface area (Å²) in [5.41, 5.74) is 8.24. The molecule has 0 atom stereocenters. The molecule has 2 aromatic heterocycles. The quantitative estimate of drug-likeness (QED) is 0.805. The second-order valence-electron chi connectivity index (χ2n) is 4.73. The lowest BCUT2D eigenvalue weighted by Crippen LogP contribution is -2.05. The van der Waals surface area contributed by atoms with Crippen molar-refractivity contribution in [1.82, 2.24) is 14.5 Å². The normalized spacial score (nSPS) is 11.2. The molecule has 7 heteroatoms. The molecule has 0 amide bonds. The van der Waals surface area contributed by atoms with Gasteiger partial charge >= 0.3 is 0 Å². The summed E-state index contributed by atoms with van der Waals surface area (Å²) in [6, 6.07) is 2.97. The van der Waals surface area contributed by atoms with E-state index in [2.05, 4.69) is 9.97 Å². The number of halogens is 1. The number of aryl methyl sites for hydroxylation is 3. The van der Waals surface area contributed by atoms with Gasteiger partial charge in [-0.25, -0.2) is 14.4 Å². The monoisotopic (exact) mass is 306 g/mol. The first-order valence-corrected chi connectivity index (χ1v) is 7.36. The van der Waals surface area contributed by atoms with Crippen LogP contribution in [0.2, 0.25) is 0 Å². The highest BCUT2D eigenvalue weighted by atomic mass is 32.1. The number of nitrogens with two attached hydrogens (primary N) is 1. The summed E-state index contributed by atoms with van der Waals surface area (Å²) >= 11 is 1.62. The number of rotatable bonds is 4. The number of hydrogen-bond donors (Lipinski definition) is 1. The Labute approximate surface area is 125 Å². The number of imidazole rings is 1. The van der Waals surface area contributed by atoms with Gasteiger partial charge in [-0.05, 0) is 6.92 Å². The molecule has 0 spiro atoms. The molecule has 3 rings (SSSR count). The van der Waals surface area contributed by atoms with E-state index in [-0.39, 0.29) is 5.75 Å². The Morgan fingerprint density at radius 1 is 1.38 bits per heavy atom. The van der Waals surface area contributed by atoms with Crippen molar-refractivity contribution in [3.63, 3.8) is 0 Å². The molecule has 0 saturated carbocycles. The van der Waals surface area contributed by atoms with Crippen LogP contribution in [-0.2, 0) is 13.0 Å². The Morgan fingerprint density at radius 2 is 2.19 bits per heavy atom. The first kappa shape index (κ1) is 13.8. The molecule has 5 nitrogen and oxygen atoms in total. The first-order valence-electron chi connectivity index (χ1n) is 6.48. The average Bonchev–Trinajstić information content (AvgIpc) is 2.98. The van der Waals surface area contributed by atoms with Crippen LogP contribution in [0.1, 0.15) is 10.7 Å². The van der Waals surface area contributed by atoms with Crippen molar-refractivity contribution in [2.24, 2.45) is 0 Å². The van der Waals surface area contributed by atoms with Crippen molar-refractivity contribution < 1.29 is 9.13 Å².